The maximum Gasteiger partial charge on any atom is 0.223 e. The van der Waals surface area contributed by atoms with Crippen molar-refractivity contribution in [2.45, 2.75) is 44.8 Å². The summed E-state index contributed by atoms with van der Waals surface area (Å²) in [5.41, 5.74) is 0. The Morgan fingerprint density at radius 2 is 2.17 bits per heavy atom. The van der Waals surface area contributed by atoms with E-state index in [1.165, 1.54) is 0 Å². The third-order valence-electron chi connectivity index (χ3n) is 3.53. The number of aromatic nitrogens is 2. The van der Waals surface area contributed by atoms with Crippen molar-refractivity contribution in [1.29, 1.82) is 0 Å². The van der Waals surface area contributed by atoms with E-state index in [0.717, 1.165) is 12.2 Å². The molecule has 1 aliphatic rings. The SMILES string of the molecule is CC(C)N[C@@H]1CCC(=O)N(C)[C@H]1c1nccn1C. The van der Waals surface area contributed by atoms with E-state index in [2.05, 4.69) is 24.1 Å². The van der Waals surface area contributed by atoms with Crippen molar-refractivity contribution < 1.29 is 4.79 Å². The zero-order valence-corrected chi connectivity index (χ0v) is 11.6. The molecule has 0 spiro atoms. The zero-order valence-electron chi connectivity index (χ0n) is 11.6. The Hall–Kier alpha value is -1.36. The second-order valence-corrected chi connectivity index (χ2v) is 5.31. The number of hydrogen-bond donors (Lipinski definition) is 1. The molecule has 1 aromatic rings. The van der Waals surface area contributed by atoms with Gasteiger partial charge in [0.05, 0.1) is 0 Å². The summed E-state index contributed by atoms with van der Waals surface area (Å²) in [4.78, 5) is 18.1. The number of imidazole rings is 1. The summed E-state index contributed by atoms with van der Waals surface area (Å²) in [7, 11) is 3.84. The van der Waals surface area contributed by atoms with Gasteiger partial charge < -0.3 is 14.8 Å². The molecule has 0 radical (unpaired) electrons. The van der Waals surface area contributed by atoms with Crippen molar-refractivity contribution in [1.82, 2.24) is 19.8 Å². The van der Waals surface area contributed by atoms with E-state index in [9.17, 15) is 4.79 Å². The van der Waals surface area contributed by atoms with Crippen LogP contribution in [0.3, 0.4) is 0 Å². The molecule has 18 heavy (non-hydrogen) atoms. The molecule has 2 rings (SSSR count). The van der Waals surface area contributed by atoms with Crippen LogP contribution in [-0.4, -0.2) is 39.5 Å². The smallest absolute Gasteiger partial charge is 0.223 e. The van der Waals surface area contributed by atoms with Crippen LogP contribution in [0.1, 0.15) is 38.6 Å². The number of piperidine rings is 1. The Balaban J connectivity index is 2.29. The molecule has 100 valence electrons. The molecule has 0 unspecified atom stereocenters. The maximum absolute atomic E-state index is 11.9. The highest BCUT2D eigenvalue weighted by atomic mass is 16.2. The minimum absolute atomic E-state index is 0.0219. The van der Waals surface area contributed by atoms with Crippen LogP contribution in [0.5, 0.6) is 0 Å². The second kappa shape index (κ2) is 5.10. The molecule has 1 aromatic heterocycles. The molecule has 2 atom stereocenters. The van der Waals surface area contributed by atoms with Gasteiger partial charge in [-0.3, -0.25) is 4.79 Å². The Kier molecular flexibility index (Phi) is 3.71. The monoisotopic (exact) mass is 250 g/mol. The van der Waals surface area contributed by atoms with Gasteiger partial charge in [-0.15, -0.1) is 0 Å². The van der Waals surface area contributed by atoms with Crippen molar-refractivity contribution in [2.75, 3.05) is 7.05 Å². The number of hydrogen-bond acceptors (Lipinski definition) is 3. The van der Waals surface area contributed by atoms with Crippen LogP contribution in [-0.2, 0) is 11.8 Å². The van der Waals surface area contributed by atoms with E-state index < -0.39 is 0 Å². The first-order valence-corrected chi connectivity index (χ1v) is 6.49. The number of carbonyl (C=O) groups is 1. The number of amides is 1. The van der Waals surface area contributed by atoms with Crippen LogP contribution in [0.25, 0.3) is 0 Å². The predicted molar refractivity (Wildman–Crippen MR) is 70.0 cm³/mol. The number of aryl methyl sites for hydroxylation is 1. The van der Waals surface area contributed by atoms with Crippen LogP contribution in [0.15, 0.2) is 12.4 Å². The van der Waals surface area contributed by atoms with Crippen LogP contribution in [0, 0.1) is 0 Å². The molecule has 1 aliphatic heterocycles. The van der Waals surface area contributed by atoms with Gasteiger partial charge in [0.15, 0.2) is 0 Å². The van der Waals surface area contributed by atoms with Gasteiger partial charge in [0.1, 0.15) is 11.9 Å². The zero-order chi connectivity index (χ0) is 13.3. The molecular formula is C13H22N4O. The van der Waals surface area contributed by atoms with E-state index in [1.54, 1.807) is 6.20 Å². The average Bonchev–Trinajstić information content (AvgIpc) is 2.70. The lowest BCUT2D eigenvalue weighted by Gasteiger charge is -2.39. The minimum atomic E-state index is 0.0219. The molecule has 1 N–H and O–H groups in total. The van der Waals surface area contributed by atoms with Crippen molar-refractivity contribution in [3.63, 3.8) is 0 Å². The second-order valence-electron chi connectivity index (χ2n) is 5.31. The first kappa shape index (κ1) is 13.1. The van der Waals surface area contributed by atoms with E-state index >= 15 is 0 Å². The van der Waals surface area contributed by atoms with Crippen molar-refractivity contribution in [3.05, 3.63) is 18.2 Å². The molecule has 1 amide bonds. The summed E-state index contributed by atoms with van der Waals surface area (Å²) in [6.07, 6.45) is 5.20. The third kappa shape index (κ3) is 2.41. The van der Waals surface area contributed by atoms with Gasteiger partial charge in [-0.1, -0.05) is 13.8 Å². The van der Waals surface area contributed by atoms with Gasteiger partial charge in [-0.05, 0) is 6.42 Å². The third-order valence-corrected chi connectivity index (χ3v) is 3.53. The van der Waals surface area contributed by atoms with E-state index in [0.29, 0.717) is 12.5 Å². The average molecular weight is 250 g/mol. The number of nitrogens with one attached hydrogen (secondary N) is 1. The molecule has 0 aromatic carbocycles. The lowest BCUT2D eigenvalue weighted by atomic mass is 9.94. The van der Waals surface area contributed by atoms with Crippen molar-refractivity contribution in [2.24, 2.45) is 7.05 Å². The quantitative estimate of drug-likeness (QED) is 0.873. The molecular weight excluding hydrogens is 228 g/mol. The van der Waals surface area contributed by atoms with Gasteiger partial charge in [0.25, 0.3) is 0 Å². The standard InChI is InChI=1S/C13H22N4O/c1-9(2)15-10-5-6-11(18)17(4)12(10)13-14-7-8-16(13)3/h7-10,12,15H,5-6H2,1-4H3/t10-,12-/m1/s1. The Morgan fingerprint density at radius 1 is 1.44 bits per heavy atom. The normalized spacial score (nSPS) is 24.9. The summed E-state index contributed by atoms with van der Waals surface area (Å²) >= 11 is 0. The summed E-state index contributed by atoms with van der Waals surface area (Å²) in [5.74, 6) is 1.15. The Labute approximate surface area is 108 Å². The number of nitrogens with zero attached hydrogens (tertiary/aromatic N) is 3. The highest BCUT2D eigenvalue weighted by Gasteiger charge is 2.36. The number of carbonyl (C=O) groups excluding carboxylic acids is 1. The predicted octanol–water partition coefficient (Wildman–Crippen LogP) is 1.08. The van der Waals surface area contributed by atoms with E-state index in [-0.39, 0.29) is 18.0 Å². The molecule has 2 heterocycles. The first-order valence-electron chi connectivity index (χ1n) is 6.49. The minimum Gasteiger partial charge on any atom is -0.336 e. The molecule has 0 aliphatic carbocycles. The van der Waals surface area contributed by atoms with Gasteiger partial charge in [0, 0.05) is 45.0 Å². The fourth-order valence-electron chi connectivity index (χ4n) is 2.66. The summed E-state index contributed by atoms with van der Waals surface area (Å²) < 4.78 is 1.99. The van der Waals surface area contributed by atoms with E-state index in [4.69, 9.17) is 0 Å². The lowest BCUT2D eigenvalue weighted by Crippen LogP contribution is -2.51. The van der Waals surface area contributed by atoms with Crippen LogP contribution >= 0.6 is 0 Å². The van der Waals surface area contributed by atoms with Crippen LogP contribution in [0.4, 0.5) is 0 Å². The van der Waals surface area contributed by atoms with Crippen LogP contribution in [0.2, 0.25) is 0 Å². The molecule has 5 heteroatoms. The maximum atomic E-state index is 11.9. The van der Waals surface area contributed by atoms with Gasteiger partial charge in [-0.25, -0.2) is 4.98 Å². The topological polar surface area (TPSA) is 50.2 Å². The fraction of sp³-hybridized carbons (Fsp3) is 0.692. The Bertz CT molecular complexity index is 426. The van der Waals surface area contributed by atoms with Crippen LogP contribution < -0.4 is 5.32 Å². The summed E-state index contributed by atoms with van der Waals surface area (Å²) in [6, 6.07) is 0.696. The lowest BCUT2D eigenvalue weighted by molar-refractivity contribution is -0.136. The van der Waals surface area contributed by atoms with Crippen molar-refractivity contribution >= 4 is 5.91 Å². The van der Waals surface area contributed by atoms with Gasteiger partial charge in [-0.2, -0.15) is 0 Å². The highest BCUT2D eigenvalue weighted by Crippen LogP contribution is 2.29. The molecule has 1 saturated heterocycles. The van der Waals surface area contributed by atoms with E-state index in [1.807, 2.05) is 29.8 Å². The highest BCUT2D eigenvalue weighted by molar-refractivity contribution is 5.77. The Morgan fingerprint density at radius 3 is 2.72 bits per heavy atom. The molecule has 1 fully saturated rings. The molecule has 0 bridgehead atoms. The first-order chi connectivity index (χ1) is 8.50. The fourth-order valence-corrected chi connectivity index (χ4v) is 2.66. The van der Waals surface area contributed by atoms with Gasteiger partial charge in [0.2, 0.25) is 5.91 Å². The number of likely N-dealkylation sites (tertiary alicyclic amines) is 1. The molecule has 5 nitrogen and oxygen atoms in total. The van der Waals surface area contributed by atoms with Gasteiger partial charge >= 0.3 is 0 Å². The summed E-state index contributed by atoms with van der Waals surface area (Å²) in [6.45, 7) is 4.26. The summed E-state index contributed by atoms with van der Waals surface area (Å²) in [5, 5.41) is 3.55. The molecule has 0 saturated carbocycles. The number of rotatable bonds is 3. The largest absolute Gasteiger partial charge is 0.336 e. The number of likely N-dealkylation sites (N-methyl/N-ethyl adjacent to an activating group) is 1. The van der Waals surface area contributed by atoms with Crippen molar-refractivity contribution in [3.8, 4) is 0 Å².